The zero-order chi connectivity index (χ0) is 8.27. The van der Waals surface area contributed by atoms with Gasteiger partial charge in [-0.05, 0) is 6.07 Å². The van der Waals surface area contributed by atoms with Crippen LogP contribution in [0.15, 0.2) is 17.1 Å². The van der Waals surface area contributed by atoms with Crippen LogP contribution in [0.1, 0.15) is 10.4 Å². The number of hydrogen-bond acceptors (Lipinski definition) is 3. The van der Waals surface area contributed by atoms with Crippen LogP contribution in [0.3, 0.4) is 0 Å². The van der Waals surface area contributed by atoms with Gasteiger partial charge in [0.1, 0.15) is 5.56 Å². The van der Waals surface area contributed by atoms with E-state index in [2.05, 4.69) is 15.5 Å². The first-order chi connectivity index (χ1) is 5.25. The summed E-state index contributed by atoms with van der Waals surface area (Å²) in [4.78, 5) is 21.7. The van der Waals surface area contributed by atoms with Crippen LogP contribution in [-0.2, 0) is 0 Å². The molecular formula is C6H7N3O2. The quantitative estimate of drug-likeness (QED) is 0.550. The van der Waals surface area contributed by atoms with Crippen LogP contribution in [-0.4, -0.2) is 23.2 Å². The fourth-order valence-electron chi connectivity index (χ4n) is 0.657. The molecule has 0 saturated heterocycles. The molecule has 0 spiro atoms. The minimum Gasteiger partial charge on any atom is -0.355 e. The lowest BCUT2D eigenvalue weighted by molar-refractivity contribution is 0.0961. The Hall–Kier alpha value is -1.65. The van der Waals surface area contributed by atoms with Gasteiger partial charge in [-0.15, -0.1) is 0 Å². The van der Waals surface area contributed by atoms with Crippen molar-refractivity contribution >= 4 is 5.91 Å². The average molecular weight is 153 g/mol. The summed E-state index contributed by atoms with van der Waals surface area (Å²) >= 11 is 0. The van der Waals surface area contributed by atoms with Gasteiger partial charge in [-0.1, -0.05) is 0 Å². The SMILES string of the molecule is CNC(=O)c1ccn[nH]c1=O. The van der Waals surface area contributed by atoms with E-state index in [9.17, 15) is 9.59 Å². The lowest BCUT2D eigenvalue weighted by Gasteiger charge is -1.94. The molecule has 1 amide bonds. The molecule has 5 nitrogen and oxygen atoms in total. The monoisotopic (exact) mass is 153 g/mol. The van der Waals surface area contributed by atoms with Gasteiger partial charge < -0.3 is 5.32 Å². The highest BCUT2D eigenvalue weighted by atomic mass is 16.2. The lowest BCUT2D eigenvalue weighted by atomic mass is 10.3. The predicted octanol–water partition coefficient (Wildman–Crippen LogP) is -0.870. The molecule has 0 aromatic carbocycles. The van der Waals surface area contributed by atoms with E-state index < -0.39 is 11.5 Å². The summed E-state index contributed by atoms with van der Waals surface area (Å²) in [6.07, 6.45) is 1.35. The summed E-state index contributed by atoms with van der Waals surface area (Å²) in [5.74, 6) is -0.409. The Morgan fingerprint density at radius 1 is 1.73 bits per heavy atom. The van der Waals surface area contributed by atoms with Crippen molar-refractivity contribution in [3.63, 3.8) is 0 Å². The minimum absolute atomic E-state index is 0.0718. The van der Waals surface area contributed by atoms with E-state index >= 15 is 0 Å². The zero-order valence-corrected chi connectivity index (χ0v) is 5.92. The van der Waals surface area contributed by atoms with E-state index in [1.54, 1.807) is 0 Å². The Morgan fingerprint density at radius 2 is 2.45 bits per heavy atom. The summed E-state index contributed by atoms with van der Waals surface area (Å²) in [6, 6.07) is 1.36. The van der Waals surface area contributed by atoms with Crippen LogP contribution < -0.4 is 10.9 Å². The number of carbonyl (C=O) groups is 1. The molecule has 5 heteroatoms. The Bertz CT molecular complexity index is 318. The smallest absolute Gasteiger partial charge is 0.277 e. The maximum Gasteiger partial charge on any atom is 0.277 e. The van der Waals surface area contributed by atoms with Crippen LogP contribution >= 0.6 is 0 Å². The van der Waals surface area contributed by atoms with E-state index in [-0.39, 0.29) is 5.56 Å². The summed E-state index contributed by atoms with van der Waals surface area (Å²) in [5.41, 5.74) is -0.408. The molecule has 0 saturated carbocycles. The fourth-order valence-corrected chi connectivity index (χ4v) is 0.657. The van der Waals surface area contributed by atoms with Crippen molar-refractivity contribution in [3.05, 3.63) is 28.2 Å². The molecule has 0 radical (unpaired) electrons. The summed E-state index contributed by atoms with van der Waals surface area (Å²) in [5, 5.41) is 7.93. The third-order valence-electron chi connectivity index (χ3n) is 1.20. The molecule has 0 atom stereocenters. The normalized spacial score (nSPS) is 9.18. The van der Waals surface area contributed by atoms with Gasteiger partial charge in [0.25, 0.3) is 11.5 Å². The van der Waals surface area contributed by atoms with Crippen molar-refractivity contribution in [2.45, 2.75) is 0 Å². The summed E-state index contributed by atoms with van der Waals surface area (Å²) in [7, 11) is 1.46. The van der Waals surface area contributed by atoms with Gasteiger partial charge in [0.2, 0.25) is 0 Å². The number of rotatable bonds is 1. The Balaban J connectivity index is 3.14. The standard InChI is InChI=1S/C6H7N3O2/c1-7-5(10)4-2-3-8-9-6(4)11/h2-3H,1H3,(H,7,10)(H,9,11). The van der Waals surface area contributed by atoms with E-state index in [1.165, 1.54) is 19.3 Å². The van der Waals surface area contributed by atoms with Crippen LogP contribution in [0.4, 0.5) is 0 Å². The van der Waals surface area contributed by atoms with Gasteiger partial charge in [-0.25, -0.2) is 5.10 Å². The Kier molecular flexibility index (Phi) is 2.00. The minimum atomic E-state index is -0.480. The van der Waals surface area contributed by atoms with Crippen LogP contribution in [0.5, 0.6) is 0 Å². The molecule has 0 aliphatic heterocycles. The van der Waals surface area contributed by atoms with Crippen molar-refractivity contribution in [3.8, 4) is 0 Å². The average Bonchev–Trinajstić information content (AvgIpc) is 2.04. The summed E-state index contributed by atoms with van der Waals surface area (Å²) < 4.78 is 0. The first-order valence-corrected chi connectivity index (χ1v) is 3.01. The first-order valence-electron chi connectivity index (χ1n) is 3.01. The van der Waals surface area contributed by atoms with Gasteiger partial charge in [-0.3, -0.25) is 9.59 Å². The van der Waals surface area contributed by atoms with E-state index in [0.717, 1.165) is 0 Å². The second-order valence-corrected chi connectivity index (χ2v) is 1.88. The molecule has 2 N–H and O–H groups in total. The maximum atomic E-state index is 10.9. The predicted molar refractivity (Wildman–Crippen MR) is 38.2 cm³/mol. The molecule has 0 aliphatic rings. The number of aromatic nitrogens is 2. The molecule has 1 rings (SSSR count). The largest absolute Gasteiger partial charge is 0.355 e. The third-order valence-corrected chi connectivity index (χ3v) is 1.20. The molecule has 1 aromatic rings. The second-order valence-electron chi connectivity index (χ2n) is 1.88. The molecule has 0 aliphatic carbocycles. The molecule has 1 heterocycles. The Morgan fingerprint density at radius 3 is 3.00 bits per heavy atom. The second kappa shape index (κ2) is 2.96. The third kappa shape index (κ3) is 1.43. The van der Waals surface area contributed by atoms with Crippen molar-refractivity contribution < 1.29 is 4.79 Å². The van der Waals surface area contributed by atoms with Gasteiger partial charge in [0.05, 0.1) is 0 Å². The highest BCUT2D eigenvalue weighted by Gasteiger charge is 2.05. The maximum absolute atomic E-state index is 10.9. The number of aromatic amines is 1. The molecule has 0 bridgehead atoms. The van der Waals surface area contributed by atoms with Crippen molar-refractivity contribution in [2.24, 2.45) is 0 Å². The summed E-state index contributed by atoms with van der Waals surface area (Å²) in [6.45, 7) is 0. The van der Waals surface area contributed by atoms with Gasteiger partial charge in [0, 0.05) is 13.2 Å². The van der Waals surface area contributed by atoms with Crippen LogP contribution in [0.25, 0.3) is 0 Å². The molecule has 0 unspecified atom stereocenters. The number of nitrogens with one attached hydrogen (secondary N) is 2. The van der Waals surface area contributed by atoms with Crippen molar-refractivity contribution in [1.29, 1.82) is 0 Å². The Labute approximate surface area is 62.4 Å². The topological polar surface area (TPSA) is 74.8 Å². The van der Waals surface area contributed by atoms with E-state index in [0.29, 0.717) is 0 Å². The zero-order valence-electron chi connectivity index (χ0n) is 5.92. The molecule has 0 fully saturated rings. The van der Waals surface area contributed by atoms with E-state index in [4.69, 9.17) is 0 Å². The molecule has 11 heavy (non-hydrogen) atoms. The fraction of sp³-hybridized carbons (Fsp3) is 0.167. The van der Waals surface area contributed by atoms with E-state index in [1.807, 2.05) is 0 Å². The van der Waals surface area contributed by atoms with Crippen LogP contribution in [0, 0.1) is 0 Å². The van der Waals surface area contributed by atoms with Crippen LogP contribution in [0.2, 0.25) is 0 Å². The number of amides is 1. The lowest BCUT2D eigenvalue weighted by Crippen LogP contribution is -2.26. The number of nitrogens with zero attached hydrogens (tertiary/aromatic N) is 1. The highest BCUT2D eigenvalue weighted by molar-refractivity contribution is 5.93. The number of H-pyrrole nitrogens is 1. The number of hydrogen-bond donors (Lipinski definition) is 2. The first kappa shape index (κ1) is 7.46. The highest BCUT2D eigenvalue weighted by Crippen LogP contribution is 1.84. The van der Waals surface area contributed by atoms with Crippen molar-refractivity contribution in [2.75, 3.05) is 7.05 Å². The van der Waals surface area contributed by atoms with Gasteiger partial charge >= 0.3 is 0 Å². The molecule has 1 aromatic heterocycles. The molecule has 58 valence electrons. The molecular weight excluding hydrogens is 146 g/mol. The van der Waals surface area contributed by atoms with Gasteiger partial charge in [0.15, 0.2) is 0 Å². The van der Waals surface area contributed by atoms with Crippen molar-refractivity contribution in [1.82, 2.24) is 15.5 Å². The number of carbonyl (C=O) groups excluding carboxylic acids is 1. The van der Waals surface area contributed by atoms with Gasteiger partial charge in [-0.2, -0.15) is 5.10 Å².